The molecule has 1 aromatic carbocycles. The van der Waals surface area contributed by atoms with Crippen LogP contribution in [0.2, 0.25) is 0 Å². The zero-order valence-electron chi connectivity index (χ0n) is 16.7. The van der Waals surface area contributed by atoms with Crippen LogP contribution < -0.4 is 15.5 Å². The molecule has 1 aliphatic rings. The van der Waals surface area contributed by atoms with E-state index in [2.05, 4.69) is 25.7 Å². The lowest BCUT2D eigenvalue weighted by atomic mass is 10.1. The van der Waals surface area contributed by atoms with Crippen molar-refractivity contribution in [3.8, 4) is 0 Å². The van der Waals surface area contributed by atoms with Gasteiger partial charge in [-0.2, -0.15) is 5.10 Å². The summed E-state index contributed by atoms with van der Waals surface area (Å²) in [6, 6.07) is 5.64. The van der Waals surface area contributed by atoms with Gasteiger partial charge in [-0.25, -0.2) is 14.1 Å². The SMILES string of the molecule is CCN(CC)c1ccc(CNC(=NC)NC2CCc3ncnn3C2)cc1F.I. The van der Waals surface area contributed by atoms with Gasteiger partial charge in [0, 0.05) is 39.1 Å². The summed E-state index contributed by atoms with van der Waals surface area (Å²) in [7, 11) is 1.74. The van der Waals surface area contributed by atoms with Crippen molar-refractivity contribution in [2.24, 2.45) is 4.99 Å². The van der Waals surface area contributed by atoms with Crippen LogP contribution in [0, 0.1) is 5.82 Å². The Labute approximate surface area is 182 Å². The Hall–Kier alpha value is -1.91. The van der Waals surface area contributed by atoms with E-state index in [0.29, 0.717) is 18.2 Å². The van der Waals surface area contributed by atoms with Gasteiger partial charge in [0.2, 0.25) is 0 Å². The van der Waals surface area contributed by atoms with E-state index in [1.54, 1.807) is 19.4 Å². The number of rotatable bonds is 6. The van der Waals surface area contributed by atoms with Gasteiger partial charge in [0.05, 0.1) is 12.2 Å². The summed E-state index contributed by atoms with van der Waals surface area (Å²) < 4.78 is 16.4. The Kier molecular flexibility index (Phi) is 8.46. The van der Waals surface area contributed by atoms with Gasteiger partial charge in [0.15, 0.2) is 5.96 Å². The number of hydrogen-bond acceptors (Lipinski definition) is 4. The molecule has 2 N–H and O–H groups in total. The summed E-state index contributed by atoms with van der Waals surface area (Å²) >= 11 is 0. The molecular formula is C19H29FIN7. The molecule has 0 saturated heterocycles. The normalized spacial score (nSPS) is 16.1. The maximum absolute atomic E-state index is 14.4. The van der Waals surface area contributed by atoms with E-state index < -0.39 is 0 Å². The molecular weight excluding hydrogens is 472 g/mol. The number of aryl methyl sites for hydroxylation is 1. The first-order valence-electron chi connectivity index (χ1n) is 9.51. The van der Waals surface area contributed by atoms with Crippen molar-refractivity contribution in [2.75, 3.05) is 25.0 Å². The largest absolute Gasteiger partial charge is 0.370 e. The Morgan fingerprint density at radius 3 is 2.82 bits per heavy atom. The second-order valence-electron chi connectivity index (χ2n) is 6.62. The lowest BCUT2D eigenvalue weighted by molar-refractivity contribution is 0.392. The van der Waals surface area contributed by atoms with E-state index in [1.807, 2.05) is 35.6 Å². The van der Waals surface area contributed by atoms with Gasteiger partial charge in [-0.05, 0) is 38.0 Å². The lowest BCUT2D eigenvalue weighted by Crippen LogP contribution is -2.46. The van der Waals surface area contributed by atoms with Crippen LogP contribution >= 0.6 is 24.0 Å². The highest BCUT2D eigenvalue weighted by Gasteiger charge is 2.20. The maximum Gasteiger partial charge on any atom is 0.191 e. The minimum Gasteiger partial charge on any atom is -0.370 e. The number of fused-ring (bicyclic) bond motifs is 1. The Morgan fingerprint density at radius 2 is 2.14 bits per heavy atom. The van der Waals surface area contributed by atoms with Crippen molar-refractivity contribution in [3.63, 3.8) is 0 Å². The van der Waals surface area contributed by atoms with Crippen molar-refractivity contribution < 1.29 is 4.39 Å². The van der Waals surface area contributed by atoms with E-state index >= 15 is 0 Å². The molecule has 0 fully saturated rings. The Balaban J connectivity index is 0.00000280. The number of aliphatic imine (C=N–C) groups is 1. The number of anilines is 1. The predicted octanol–water partition coefficient (Wildman–Crippen LogP) is 2.56. The summed E-state index contributed by atoms with van der Waals surface area (Å²) in [5.41, 5.74) is 1.53. The molecule has 1 aromatic heterocycles. The fraction of sp³-hybridized carbons (Fsp3) is 0.526. The van der Waals surface area contributed by atoms with Crippen molar-refractivity contribution in [1.82, 2.24) is 25.4 Å². The first kappa shape index (κ1) is 22.4. The molecule has 0 radical (unpaired) electrons. The van der Waals surface area contributed by atoms with Gasteiger partial charge in [0.25, 0.3) is 0 Å². The monoisotopic (exact) mass is 501 g/mol. The first-order valence-corrected chi connectivity index (χ1v) is 9.51. The van der Waals surface area contributed by atoms with Crippen LogP contribution in [0.25, 0.3) is 0 Å². The smallest absolute Gasteiger partial charge is 0.191 e. The van der Waals surface area contributed by atoms with Crippen molar-refractivity contribution >= 4 is 35.6 Å². The molecule has 9 heteroatoms. The highest BCUT2D eigenvalue weighted by atomic mass is 127. The zero-order valence-corrected chi connectivity index (χ0v) is 19.0. The molecule has 2 heterocycles. The second-order valence-corrected chi connectivity index (χ2v) is 6.62. The van der Waals surface area contributed by atoms with Gasteiger partial charge in [0.1, 0.15) is 18.0 Å². The van der Waals surface area contributed by atoms with E-state index in [-0.39, 0.29) is 35.8 Å². The van der Waals surface area contributed by atoms with Crippen molar-refractivity contribution in [3.05, 3.63) is 41.7 Å². The maximum atomic E-state index is 14.4. The van der Waals surface area contributed by atoms with Crippen molar-refractivity contribution in [2.45, 2.75) is 45.8 Å². The molecule has 1 atom stereocenters. The van der Waals surface area contributed by atoms with E-state index in [0.717, 1.165) is 43.9 Å². The molecule has 1 aliphatic heterocycles. The van der Waals surface area contributed by atoms with E-state index in [4.69, 9.17) is 0 Å². The lowest BCUT2D eigenvalue weighted by Gasteiger charge is -2.25. The number of nitrogens with zero attached hydrogens (tertiary/aromatic N) is 5. The standard InChI is InChI=1S/C19H28FN7.HI/c1-4-26(5-2)17-8-6-14(10-16(17)20)11-22-19(21-3)25-15-7-9-18-23-13-24-27(18)12-15;/h6,8,10,13,15H,4-5,7,9,11-12H2,1-3H3,(H2,21,22,25);1H. The number of aromatic nitrogens is 3. The van der Waals surface area contributed by atoms with Gasteiger partial charge >= 0.3 is 0 Å². The molecule has 3 rings (SSSR count). The third-order valence-electron chi connectivity index (χ3n) is 4.95. The molecule has 0 amide bonds. The highest BCUT2D eigenvalue weighted by Crippen LogP contribution is 2.20. The number of benzene rings is 1. The summed E-state index contributed by atoms with van der Waals surface area (Å²) in [6.07, 6.45) is 3.47. The van der Waals surface area contributed by atoms with Gasteiger partial charge < -0.3 is 15.5 Å². The topological polar surface area (TPSA) is 70.4 Å². The summed E-state index contributed by atoms with van der Waals surface area (Å²) in [6.45, 7) is 6.91. The predicted molar refractivity (Wildman–Crippen MR) is 121 cm³/mol. The quantitative estimate of drug-likeness (QED) is 0.362. The third-order valence-corrected chi connectivity index (χ3v) is 4.95. The van der Waals surface area contributed by atoms with E-state index in [9.17, 15) is 4.39 Å². The van der Waals surface area contributed by atoms with E-state index in [1.165, 1.54) is 0 Å². The summed E-state index contributed by atoms with van der Waals surface area (Å²) in [4.78, 5) is 10.5. The first-order chi connectivity index (χ1) is 13.1. The van der Waals surface area contributed by atoms with Crippen molar-refractivity contribution in [1.29, 1.82) is 0 Å². The number of hydrogen-bond donors (Lipinski definition) is 2. The Bertz CT molecular complexity index is 788. The average molecular weight is 501 g/mol. The average Bonchev–Trinajstić information content (AvgIpc) is 3.15. The molecule has 154 valence electrons. The molecule has 0 aliphatic carbocycles. The Morgan fingerprint density at radius 1 is 1.36 bits per heavy atom. The fourth-order valence-corrected chi connectivity index (χ4v) is 3.41. The van der Waals surface area contributed by atoms with Crippen LogP contribution in [-0.2, 0) is 19.5 Å². The number of halogens is 2. The number of nitrogens with one attached hydrogen (secondary N) is 2. The van der Waals surface area contributed by atoms with Gasteiger partial charge in [-0.1, -0.05) is 6.07 Å². The highest BCUT2D eigenvalue weighted by molar-refractivity contribution is 14.0. The van der Waals surface area contributed by atoms with Gasteiger partial charge in [-0.15, -0.1) is 24.0 Å². The second kappa shape index (κ2) is 10.6. The van der Waals surface area contributed by atoms with Crippen LogP contribution in [-0.4, -0.2) is 46.9 Å². The fourth-order valence-electron chi connectivity index (χ4n) is 3.41. The van der Waals surface area contributed by atoms with Gasteiger partial charge in [-0.3, -0.25) is 4.99 Å². The van der Waals surface area contributed by atoms with Crippen LogP contribution in [0.5, 0.6) is 0 Å². The molecule has 0 spiro atoms. The molecule has 7 nitrogen and oxygen atoms in total. The summed E-state index contributed by atoms with van der Waals surface area (Å²) in [5.74, 6) is 1.54. The molecule has 2 aromatic rings. The minimum absolute atomic E-state index is 0. The number of guanidine groups is 1. The molecule has 28 heavy (non-hydrogen) atoms. The molecule has 1 unspecified atom stereocenters. The van der Waals surface area contributed by atoms with Crippen LogP contribution in [0.1, 0.15) is 31.7 Å². The summed E-state index contributed by atoms with van der Waals surface area (Å²) in [5, 5.41) is 10.9. The molecule has 0 bridgehead atoms. The third kappa shape index (κ3) is 5.33. The minimum atomic E-state index is -0.188. The van der Waals surface area contributed by atoms with Crippen LogP contribution in [0.15, 0.2) is 29.5 Å². The van der Waals surface area contributed by atoms with Crippen LogP contribution in [0.4, 0.5) is 10.1 Å². The van der Waals surface area contributed by atoms with Crippen LogP contribution in [0.3, 0.4) is 0 Å². The zero-order chi connectivity index (χ0) is 19.2. The molecule has 0 saturated carbocycles.